The van der Waals surface area contributed by atoms with Gasteiger partial charge in [-0.1, -0.05) is 45.9 Å². The number of carbonyl (C=O) groups is 5. The molecule has 4 aliphatic rings. The number of hydrogen-bond acceptors (Lipinski definition) is 32. The van der Waals surface area contributed by atoms with Crippen LogP contribution in [0.25, 0.3) is 11.2 Å². The summed E-state index contributed by atoms with van der Waals surface area (Å²) in [5.74, 6) is -2.65. The third-order valence-electron chi connectivity index (χ3n) is 17.2. The molecule has 560 valence electrons. The summed E-state index contributed by atoms with van der Waals surface area (Å²) in [5, 5.41) is 42.9. The predicted octanol–water partition coefficient (Wildman–Crippen LogP) is 0.439. The molecule has 4 aromatic rings. The average Bonchev–Trinajstić information content (AvgIpc) is 1.60. The van der Waals surface area contributed by atoms with Crippen LogP contribution in [0.5, 0.6) is 0 Å². The number of unbranched alkanes of at least 4 members (excludes halogenated alkanes) is 2. The van der Waals surface area contributed by atoms with Crippen molar-refractivity contribution >= 4 is 121 Å². The molecular weight excluding hydrogens is 1460 g/mol. The van der Waals surface area contributed by atoms with Crippen molar-refractivity contribution in [2.24, 2.45) is 5.41 Å². The molecule has 2 aromatic carbocycles. The number of ether oxygens (including phenoxy) is 1. The molecule has 6 heterocycles. The molecule has 0 radical (unpaired) electrons. The van der Waals surface area contributed by atoms with Gasteiger partial charge in [0.15, 0.2) is 23.4 Å². The molecule has 2 aromatic heterocycles. The van der Waals surface area contributed by atoms with Gasteiger partial charge in [-0.2, -0.15) is 8.91 Å². The number of benzene rings is 2. The first-order chi connectivity index (χ1) is 47.8. The number of likely N-dealkylation sites (N-methyl/N-ethyl adjacent to an activating group) is 1. The number of allylic oxidation sites excluding steroid dienone is 6. The van der Waals surface area contributed by atoms with Crippen molar-refractivity contribution in [1.82, 2.24) is 40.4 Å². The number of anilines is 2. The maximum Gasteiger partial charge on any atom is 0.274 e. The molecule has 3 unspecified atom stereocenters. The third kappa shape index (κ3) is 20.2. The number of amides is 5. The number of rotatable bonds is 37. The third-order valence-corrected chi connectivity index (χ3v) is 22.8. The highest BCUT2D eigenvalue weighted by atomic mass is 32.2. The van der Waals surface area contributed by atoms with Gasteiger partial charge in [0, 0.05) is 109 Å². The molecule has 0 saturated carbocycles. The van der Waals surface area contributed by atoms with Crippen molar-refractivity contribution in [3.05, 3.63) is 96.3 Å². The number of aliphatic hydroxyl groups excluding tert-OH is 2. The second-order valence-electron chi connectivity index (χ2n) is 25.4. The van der Waals surface area contributed by atoms with Gasteiger partial charge in [-0.3, -0.25) is 47.6 Å². The standard InChI is InChI=1S/C60H82N11O25P3S3/c1-8-68-40-21-19-37(102(87,88)89)30-39(40)60(6,7)44(68)15-11-9-12-16-45-59(4,5)38-29-36(101-95-94-79)18-20-41(38)69(45)26-14-10-13-17-46(72)62-24-27-70-48(74)31-43(56(70)78)100-28-25-63-47(73)22-23-64-55(77)52(76)58(2,3)33-91-99(85,86)96-98(83,84)90-32-42-51(93-97(80,81)82)50(75)57(92-42)71-35-67-49-53(61)65-34-66-54(49)71/h9,11-12,15-16,18-21,29-30,34-35,42-43,50-52,57,75-76H,8,10,13-14,17,22-28,31-33H2,1-7H3,(H10-,61,62,63,64,65,66,72,73,77,79,80,81,82,83,84,85,86,87,88,89)/p-5/t42-,43-,50+,51?,52+,57-/m1/s1. The van der Waals surface area contributed by atoms with Gasteiger partial charge in [-0.15, -0.1) is 11.8 Å². The number of thioether (sulfide) groups is 1. The van der Waals surface area contributed by atoms with E-state index in [2.05, 4.69) is 81.5 Å². The first kappa shape index (κ1) is 81.4. The number of nitrogens with zero attached hydrogens (tertiary/aromatic N) is 7. The Morgan fingerprint density at radius 2 is 1.62 bits per heavy atom. The normalized spacial score (nSPS) is 21.7. The highest BCUT2D eigenvalue weighted by Gasteiger charge is 2.49. The number of aromatic nitrogens is 4. The SMILES string of the molecule is CCN1/C(=C/C=C/C=C/C2=[N+](CCCCCC(=O)NCCN3C(=O)C[C@@H](SCCNC(=O)CCNC(=O)[C@H](O)C(C)(C)COP(=O)([O-])OP(=O)([O-])OC[C@H]4O[C@@H](n5cnc6c(N)ncnc65)[C@@H](O)C4OP(=O)([O-])[O-])C3=O)c3ccc(SOO[O-])cc3C2(C)C)C(C)(C)c2cc(S(=O)(=O)[O-])ccc21. The predicted molar refractivity (Wildman–Crippen MR) is 354 cm³/mol. The molecule has 8 rings (SSSR count). The second kappa shape index (κ2) is 33.9. The summed E-state index contributed by atoms with van der Waals surface area (Å²) in [6.45, 7) is 11.0. The van der Waals surface area contributed by atoms with E-state index in [0.717, 1.165) is 79.8 Å². The Kier molecular flexibility index (Phi) is 27.1. The summed E-state index contributed by atoms with van der Waals surface area (Å²) in [6.07, 6.45) is 3.81. The fourth-order valence-electron chi connectivity index (χ4n) is 12.0. The number of nitrogens with one attached hydrogen (secondary N) is 3. The number of likely N-dealkylation sites (tertiary alicyclic amines) is 1. The monoisotopic (exact) mass is 1540 g/mol. The number of nitrogen functional groups attached to an aromatic ring is 1. The van der Waals surface area contributed by atoms with Crippen molar-refractivity contribution in [2.45, 2.75) is 144 Å². The van der Waals surface area contributed by atoms with Crippen molar-refractivity contribution < 1.29 is 122 Å². The molecule has 36 nitrogen and oxygen atoms in total. The molecule has 42 heteroatoms. The Bertz CT molecular complexity index is 4190. The minimum Gasteiger partial charge on any atom is -0.790 e. The minimum atomic E-state index is -5.99. The van der Waals surface area contributed by atoms with Crippen LogP contribution in [0.4, 0.5) is 17.2 Å². The van der Waals surface area contributed by atoms with Gasteiger partial charge in [0.25, 0.3) is 15.6 Å². The molecule has 4 aliphatic heterocycles. The van der Waals surface area contributed by atoms with Crippen LogP contribution in [0.15, 0.2) is 94.9 Å². The second-order valence-corrected chi connectivity index (χ2v) is 33.0. The zero-order valence-electron chi connectivity index (χ0n) is 56.1. The van der Waals surface area contributed by atoms with E-state index in [1.807, 2.05) is 69.4 Å². The molecule has 7 N–H and O–H groups in total. The Hall–Kier alpha value is -6.23. The van der Waals surface area contributed by atoms with Crippen LogP contribution in [0.2, 0.25) is 0 Å². The minimum absolute atomic E-state index is 0.0194. The molecular formula is C60H77N11O25P3S3-5. The molecule has 2 saturated heterocycles. The summed E-state index contributed by atoms with van der Waals surface area (Å²) in [5.41, 5.74) is 8.28. The zero-order chi connectivity index (χ0) is 74.9. The van der Waals surface area contributed by atoms with Gasteiger partial charge in [0.1, 0.15) is 52.9 Å². The summed E-state index contributed by atoms with van der Waals surface area (Å²) in [6, 6.07) is 10.1. The van der Waals surface area contributed by atoms with Crippen LogP contribution >= 0.6 is 47.3 Å². The van der Waals surface area contributed by atoms with E-state index >= 15 is 0 Å². The largest absolute Gasteiger partial charge is 0.790 e. The van der Waals surface area contributed by atoms with E-state index < -0.39 is 123 Å². The summed E-state index contributed by atoms with van der Waals surface area (Å²) in [4.78, 5) is 128. The van der Waals surface area contributed by atoms with Gasteiger partial charge >= 0.3 is 0 Å². The quantitative estimate of drug-likeness (QED) is 0.00410. The molecule has 0 aliphatic carbocycles. The van der Waals surface area contributed by atoms with Gasteiger partial charge < -0.3 is 89.1 Å². The maximum atomic E-state index is 13.2. The van der Waals surface area contributed by atoms with Gasteiger partial charge in [0.05, 0.1) is 55.0 Å². The van der Waals surface area contributed by atoms with E-state index in [1.54, 1.807) is 6.07 Å². The van der Waals surface area contributed by atoms with E-state index in [0.29, 0.717) is 37.2 Å². The van der Waals surface area contributed by atoms with Gasteiger partial charge in [0.2, 0.25) is 35.2 Å². The molecule has 8 atom stereocenters. The van der Waals surface area contributed by atoms with Crippen molar-refractivity contribution in [2.75, 3.05) is 68.9 Å². The first-order valence-corrected chi connectivity index (χ1v) is 39.3. The van der Waals surface area contributed by atoms with Crippen LogP contribution in [0, 0.1) is 5.41 Å². The summed E-state index contributed by atoms with van der Waals surface area (Å²) < 4.78 is 104. The lowest BCUT2D eigenvalue weighted by atomic mass is 9.81. The Morgan fingerprint density at radius 1 is 0.902 bits per heavy atom. The number of aliphatic hydroxyl groups is 2. The lowest BCUT2D eigenvalue weighted by Gasteiger charge is -2.36. The molecule has 102 heavy (non-hydrogen) atoms. The number of fused-ring (bicyclic) bond motifs is 3. The van der Waals surface area contributed by atoms with Crippen LogP contribution in [-0.4, -0.2) is 175 Å². The van der Waals surface area contributed by atoms with Gasteiger partial charge in [-0.25, -0.2) is 27.7 Å². The number of imidazole rings is 1. The van der Waals surface area contributed by atoms with E-state index in [1.165, 1.54) is 26.0 Å². The fourth-order valence-corrected chi connectivity index (χ4v) is 16.6. The number of phosphoric acid groups is 3. The Balaban J connectivity index is 0.714. The van der Waals surface area contributed by atoms with Crippen molar-refractivity contribution in [3.63, 3.8) is 0 Å². The lowest BCUT2D eigenvalue weighted by molar-refractivity contribution is -0.777. The summed E-state index contributed by atoms with van der Waals surface area (Å²) >= 11 is 1.93. The van der Waals surface area contributed by atoms with Crippen LogP contribution in [-0.2, 0) is 90.6 Å². The number of phosphoric ester groups is 3. The maximum absolute atomic E-state index is 13.2. The van der Waals surface area contributed by atoms with E-state index in [9.17, 15) is 85.7 Å². The Labute approximate surface area is 594 Å². The highest BCUT2D eigenvalue weighted by Crippen LogP contribution is 2.57. The van der Waals surface area contributed by atoms with Crippen molar-refractivity contribution in [1.29, 1.82) is 0 Å². The number of carbonyl (C=O) groups excluding carboxylic acids is 5. The fraction of sp³-hybridized carbons (Fsp3) is 0.517. The molecule has 2 fully saturated rings. The van der Waals surface area contributed by atoms with Gasteiger partial charge in [-0.05, 0) is 75.6 Å². The van der Waals surface area contributed by atoms with E-state index in [4.69, 9.17) is 10.5 Å². The average molecular weight is 1540 g/mol. The molecule has 0 bridgehead atoms. The van der Waals surface area contributed by atoms with Crippen LogP contribution < -0.4 is 51.4 Å². The summed E-state index contributed by atoms with van der Waals surface area (Å²) in [7, 11) is -22.5. The lowest BCUT2D eigenvalue weighted by Crippen LogP contribution is -2.46. The smallest absolute Gasteiger partial charge is 0.274 e. The number of hydrogen-bond donors (Lipinski definition) is 6. The first-order valence-electron chi connectivity index (χ1n) is 31.7. The van der Waals surface area contributed by atoms with Crippen LogP contribution in [0.3, 0.4) is 0 Å². The topological polar surface area (TPSA) is 529 Å². The molecule has 0 spiro atoms. The highest BCUT2D eigenvalue weighted by molar-refractivity contribution is 8.00. The zero-order valence-corrected chi connectivity index (χ0v) is 61.3. The number of nitrogens with two attached hydrogens (primary N) is 1. The van der Waals surface area contributed by atoms with Crippen LogP contribution in [0.1, 0.15) is 104 Å². The Morgan fingerprint density at radius 3 is 2.32 bits per heavy atom. The van der Waals surface area contributed by atoms with Crippen molar-refractivity contribution in [3.8, 4) is 0 Å². The molecule has 5 amide bonds. The van der Waals surface area contributed by atoms with E-state index in [-0.39, 0.29) is 79.0 Å². The number of imide groups is 1.